The molecule has 0 saturated carbocycles. The molecule has 0 aliphatic heterocycles. The third kappa shape index (κ3) is 2.38. The van der Waals surface area contributed by atoms with Crippen LogP contribution in [-0.2, 0) is 4.74 Å². The lowest BCUT2D eigenvalue weighted by Crippen LogP contribution is -2.08. The lowest BCUT2D eigenvalue weighted by atomic mass is 10.2. The Morgan fingerprint density at radius 1 is 1.60 bits per heavy atom. The SMILES string of the molecule is COC(=O)c1nc(F)cc(C(F)F)c1Cl. The number of carbonyl (C=O) groups excluding carboxylic acids is 1. The quantitative estimate of drug-likeness (QED) is 0.588. The van der Waals surface area contributed by atoms with Crippen LogP contribution in [-0.4, -0.2) is 18.1 Å². The van der Waals surface area contributed by atoms with E-state index in [9.17, 15) is 18.0 Å². The molecule has 0 aliphatic rings. The van der Waals surface area contributed by atoms with Crippen LogP contribution in [0, 0.1) is 5.95 Å². The Bertz CT molecular complexity index is 398. The van der Waals surface area contributed by atoms with Gasteiger partial charge in [-0.3, -0.25) is 0 Å². The van der Waals surface area contributed by atoms with Gasteiger partial charge in [-0.25, -0.2) is 18.6 Å². The molecule has 0 atom stereocenters. The fourth-order valence-electron chi connectivity index (χ4n) is 0.907. The maximum absolute atomic E-state index is 12.8. The Kier molecular flexibility index (Phi) is 3.52. The van der Waals surface area contributed by atoms with E-state index in [-0.39, 0.29) is 0 Å². The number of ether oxygens (including phenoxy) is 1. The van der Waals surface area contributed by atoms with Gasteiger partial charge in [-0.05, 0) is 0 Å². The van der Waals surface area contributed by atoms with Crippen molar-refractivity contribution in [1.29, 1.82) is 0 Å². The number of pyridine rings is 1. The number of alkyl halides is 2. The summed E-state index contributed by atoms with van der Waals surface area (Å²) < 4.78 is 41.6. The highest BCUT2D eigenvalue weighted by atomic mass is 35.5. The van der Waals surface area contributed by atoms with Gasteiger partial charge in [0.05, 0.1) is 12.1 Å². The number of carbonyl (C=O) groups is 1. The van der Waals surface area contributed by atoms with Crippen molar-refractivity contribution in [2.24, 2.45) is 0 Å². The zero-order valence-electron chi connectivity index (χ0n) is 7.43. The third-order valence-electron chi connectivity index (χ3n) is 1.57. The summed E-state index contributed by atoms with van der Waals surface area (Å²) in [5, 5.41) is -0.599. The normalized spacial score (nSPS) is 10.5. The van der Waals surface area contributed by atoms with E-state index in [4.69, 9.17) is 11.6 Å². The van der Waals surface area contributed by atoms with Crippen molar-refractivity contribution < 1.29 is 22.7 Å². The highest BCUT2D eigenvalue weighted by Gasteiger charge is 2.22. The summed E-state index contributed by atoms with van der Waals surface area (Å²) in [5.74, 6) is -2.28. The van der Waals surface area contributed by atoms with Crippen molar-refractivity contribution in [2.45, 2.75) is 6.43 Å². The van der Waals surface area contributed by atoms with Crippen LogP contribution in [0.15, 0.2) is 6.07 Å². The number of esters is 1. The molecule has 0 radical (unpaired) electrons. The molecule has 0 aliphatic carbocycles. The average Bonchev–Trinajstić information content (AvgIpc) is 2.19. The Morgan fingerprint density at radius 2 is 2.20 bits per heavy atom. The molecule has 0 amide bonds. The molecule has 1 aromatic heterocycles. The van der Waals surface area contributed by atoms with E-state index in [0.717, 1.165) is 7.11 Å². The smallest absolute Gasteiger partial charge is 0.358 e. The van der Waals surface area contributed by atoms with Crippen LogP contribution in [0.4, 0.5) is 13.2 Å². The lowest BCUT2D eigenvalue weighted by molar-refractivity contribution is 0.0592. The Balaban J connectivity index is 3.34. The molecule has 1 aromatic rings. The Morgan fingerprint density at radius 3 is 2.67 bits per heavy atom. The molecule has 0 aromatic carbocycles. The van der Waals surface area contributed by atoms with Gasteiger partial charge in [-0.15, -0.1) is 0 Å². The Hall–Kier alpha value is -1.30. The zero-order chi connectivity index (χ0) is 11.6. The second-order valence-corrected chi connectivity index (χ2v) is 2.87. The van der Waals surface area contributed by atoms with Crippen LogP contribution in [0.3, 0.4) is 0 Å². The van der Waals surface area contributed by atoms with E-state index in [2.05, 4.69) is 9.72 Å². The third-order valence-corrected chi connectivity index (χ3v) is 1.97. The molecule has 0 spiro atoms. The number of rotatable bonds is 2. The molecule has 0 saturated heterocycles. The van der Waals surface area contributed by atoms with Crippen molar-refractivity contribution in [3.63, 3.8) is 0 Å². The summed E-state index contributed by atoms with van der Waals surface area (Å²) in [4.78, 5) is 14.1. The summed E-state index contributed by atoms with van der Waals surface area (Å²) >= 11 is 5.44. The minimum atomic E-state index is -2.99. The van der Waals surface area contributed by atoms with E-state index < -0.39 is 34.6 Å². The van der Waals surface area contributed by atoms with Gasteiger partial charge in [-0.1, -0.05) is 11.6 Å². The van der Waals surface area contributed by atoms with Gasteiger partial charge in [-0.2, -0.15) is 4.39 Å². The minimum Gasteiger partial charge on any atom is -0.464 e. The van der Waals surface area contributed by atoms with Crippen molar-refractivity contribution in [2.75, 3.05) is 7.11 Å². The summed E-state index contributed by atoms with van der Waals surface area (Å²) in [5.41, 5.74) is -1.45. The molecule has 7 heteroatoms. The number of methoxy groups -OCH3 is 1. The number of nitrogens with zero attached hydrogens (tertiary/aromatic N) is 1. The summed E-state index contributed by atoms with van der Waals surface area (Å²) in [7, 11) is 1.01. The molecule has 0 unspecified atom stereocenters. The molecule has 0 N–H and O–H groups in total. The van der Waals surface area contributed by atoms with E-state index in [1.54, 1.807) is 0 Å². The van der Waals surface area contributed by atoms with Gasteiger partial charge >= 0.3 is 5.97 Å². The predicted octanol–water partition coefficient (Wildman–Crippen LogP) is 2.60. The number of hydrogen-bond donors (Lipinski definition) is 0. The predicted molar refractivity (Wildman–Crippen MR) is 45.5 cm³/mol. The molecule has 1 rings (SSSR count). The van der Waals surface area contributed by atoms with Crippen molar-refractivity contribution in [3.05, 3.63) is 28.3 Å². The molecule has 1 heterocycles. The first-order valence-corrected chi connectivity index (χ1v) is 4.07. The van der Waals surface area contributed by atoms with Crippen molar-refractivity contribution in [1.82, 2.24) is 4.98 Å². The van der Waals surface area contributed by atoms with Crippen LogP contribution >= 0.6 is 11.6 Å². The first-order valence-electron chi connectivity index (χ1n) is 3.69. The van der Waals surface area contributed by atoms with Crippen LogP contribution in [0.5, 0.6) is 0 Å². The zero-order valence-corrected chi connectivity index (χ0v) is 8.19. The molecule has 0 bridgehead atoms. The monoisotopic (exact) mass is 239 g/mol. The maximum Gasteiger partial charge on any atom is 0.358 e. The first kappa shape index (κ1) is 11.8. The summed E-state index contributed by atoms with van der Waals surface area (Å²) in [6.07, 6.45) is -2.99. The largest absolute Gasteiger partial charge is 0.464 e. The highest BCUT2D eigenvalue weighted by molar-refractivity contribution is 6.34. The fourth-order valence-corrected chi connectivity index (χ4v) is 1.16. The second-order valence-electron chi connectivity index (χ2n) is 2.49. The van der Waals surface area contributed by atoms with Crippen LogP contribution in [0.1, 0.15) is 22.5 Å². The number of halogens is 4. The summed E-state index contributed by atoms with van der Waals surface area (Å²) in [6.45, 7) is 0. The van der Waals surface area contributed by atoms with E-state index >= 15 is 0 Å². The Labute approximate surface area is 87.8 Å². The van der Waals surface area contributed by atoms with Crippen LogP contribution in [0.2, 0.25) is 5.02 Å². The second kappa shape index (κ2) is 4.48. The fraction of sp³-hybridized carbons (Fsp3) is 0.250. The van der Waals surface area contributed by atoms with Gasteiger partial charge in [0.15, 0.2) is 5.69 Å². The molecular weight excluding hydrogens is 235 g/mol. The summed E-state index contributed by atoms with van der Waals surface area (Å²) in [6, 6.07) is 0.472. The molecule has 82 valence electrons. The average molecular weight is 240 g/mol. The van der Waals surface area contributed by atoms with Gasteiger partial charge in [0.1, 0.15) is 0 Å². The molecule has 15 heavy (non-hydrogen) atoms. The van der Waals surface area contributed by atoms with E-state index in [0.29, 0.717) is 6.07 Å². The molecule has 3 nitrogen and oxygen atoms in total. The van der Waals surface area contributed by atoms with Crippen molar-refractivity contribution in [3.8, 4) is 0 Å². The van der Waals surface area contributed by atoms with Gasteiger partial charge < -0.3 is 4.74 Å². The lowest BCUT2D eigenvalue weighted by Gasteiger charge is -2.06. The van der Waals surface area contributed by atoms with Crippen LogP contribution < -0.4 is 0 Å². The molecular formula is C8H5ClF3NO2. The van der Waals surface area contributed by atoms with Gasteiger partial charge in [0.25, 0.3) is 6.43 Å². The van der Waals surface area contributed by atoms with Gasteiger partial charge in [0, 0.05) is 11.6 Å². The van der Waals surface area contributed by atoms with E-state index in [1.165, 1.54) is 0 Å². The minimum absolute atomic E-state index is 0.472. The van der Waals surface area contributed by atoms with Crippen LogP contribution in [0.25, 0.3) is 0 Å². The van der Waals surface area contributed by atoms with E-state index in [1.807, 2.05) is 0 Å². The first-order chi connectivity index (χ1) is 6.97. The van der Waals surface area contributed by atoms with Crippen molar-refractivity contribution >= 4 is 17.6 Å². The number of aromatic nitrogens is 1. The topological polar surface area (TPSA) is 39.2 Å². The highest BCUT2D eigenvalue weighted by Crippen LogP contribution is 2.29. The van der Waals surface area contributed by atoms with Gasteiger partial charge in [0.2, 0.25) is 5.95 Å². The molecule has 0 fully saturated rings. The number of hydrogen-bond acceptors (Lipinski definition) is 3. The standard InChI is InChI=1S/C8H5ClF3NO2/c1-15-8(14)6-5(9)3(7(11)12)2-4(10)13-6/h2,7H,1H3. The maximum atomic E-state index is 12.8.